The second-order valence-corrected chi connectivity index (χ2v) is 6.25. The third-order valence-corrected chi connectivity index (χ3v) is 3.98. The first kappa shape index (κ1) is 17.7. The van der Waals surface area contributed by atoms with Crippen LogP contribution in [0.15, 0.2) is 34.8 Å². The van der Waals surface area contributed by atoms with Crippen molar-refractivity contribution in [1.82, 2.24) is 4.98 Å². The summed E-state index contributed by atoms with van der Waals surface area (Å²) in [6.07, 6.45) is 0. The fourth-order valence-corrected chi connectivity index (χ4v) is 2.28. The van der Waals surface area contributed by atoms with Crippen LogP contribution in [0.1, 0.15) is 16.1 Å². The normalized spacial score (nSPS) is 10.3. The fraction of sp³-hybridized carbons (Fsp3) is 0.133. The van der Waals surface area contributed by atoms with Crippen LogP contribution in [0, 0.1) is 6.92 Å². The predicted molar refractivity (Wildman–Crippen MR) is 92.0 cm³/mol. The first-order valence-corrected chi connectivity index (χ1v) is 7.97. The van der Waals surface area contributed by atoms with Gasteiger partial charge in [-0.05, 0) is 37.3 Å². The van der Waals surface area contributed by atoms with E-state index in [0.29, 0.717) is 16.3 Å². The second kappa shape index (κ2) is 7.77. The lowest BCUT2D eigenvalue weighted by Gasteiger charge is -2.09. The number of halogens is 3. The molecule has 0 aliphatic carbocycles. The summed E-state index contributed by atoms with van der Waals surface area (Å²) < 4.78 is 5.77. The lowest BCUT2D eigenvalue weighted by atomic mass is 10.2. The molecule has 2 rings (SSSR count). The van der Waals surface area contributed by atoms with Crippen molar-refractivity contribution in [3.8, 4) is 0 Å². The van der Waals surface area contributed by atoms with Gasteiger partial charge in [-0.15, -0.1) is 0 Å². The van der Waals surface area contributed by atoms with Crippen LogP contribution in [0.4, 0.5) is 5.82 Å². The van der Waals surface area contributed by atoms with E-state index in [1.165, 1.54) is 6.07 Å². The zero-order chi connectivity index (χ0) is 17.0. The number of anilines is 1. The molecule has 0 radical (unpaired) electrons. The van der Waals surface area contributed by atoms with Crippen molar-refractivity contribution in [2.75, 3.05) is 11.9 Å². The van der Waals surface area contributed by atoms with Crippen LogP contribution in [0.25, 0.3) is 0 Å². The maximum absolute atomic E-state index is 11.8. The number of ether oxygens (including phenoxy) is 1. The van der Waals surface area contributed by atoms with Crippen molar-refractivity contribution in [2.24, 2.45) is 0 Å². The van der Waals surface area contributed by atoms with Gasteiger partial charge in [-0.3, -0.25) is 4.79 Å². The number of rotatable bonds is 4. The van der Waals surface area contributed by atoms with Crippen LogP contribution >= 0.6 is 39.1 Å². The summed E-state index contributed by atoms with van der Waals surface area (Å²) in [6.45, 7) is 1.23. The van der Waals surface area contributed by atoms with E-state index in [4.69, 9.17) is 27.9 Å². The van der Waals surface area contributed by atoms with Crippen LogP contribution in [-0.4, -0.2) is 23.5 Å². The predicted octanol–water partition coefficient (Wildman–Crippen LogP) is 4.25. The van der Waals surface area contributed by atoms with E-state index >= 15 is 0 Å². The van der Waals surface area contributed by atoms with Crippen molar-refractivity contribution in [1.29, 1.82) is 0 Å². The number of aromatic nitrogens is 1. The Kier molecular flexibility index (Phi) is 5.98. The number of carbonyl (C=O) groups excluding carboxylic acids is 2. The van der Waals surface area contributed by atoms with Gasteiger partial charge in [-0.25, -0.2) is 9.78 Å². The molecule has 0 fully saturated rings. The first-order chi connectivity index (χ1) is 10.9. The number of pyridine rings is 1. The number of hydrogen-bond donors (Lipinski definition) is 1. The SMILES string of the molecule is Cc1nc(NC(=O)COC(=O)c2ccc(Br)cc2)c(Cl)cc1Cl. The van der Waals surface area contributed by atoms with Gasteiger partial charge in [-0.1, -0.05) is 39.1 Å². The highest BCUT2D eigenvalue weighted by Crippen LogP contribution is 2.25. The standard InChI is InChI=1S/C15H11BrCl2N2O3/c1-8-11(17)6-12(18)14(19-8)20-13(21)7-23-15(22)9-2-4-10(16)5-3-9/h2-6H,7H2,1H3,(H,19,20,21). The number of aryl methyl sites for hydroxylation is 1. The summed E-state index contributed by atoms with van der Waals surface area (Å²) in [6, 6.07) is 8.07. The minimum absolute atomic E-state index is 0.165. The quantitative estimate of drug-likeness (QED) is 0.754. The van der Waals surface area contributed by atoms with Crippen molar-refractivity contribution < 1.29 is 14.3 Å². The molecule has 120 valence electrons. The molecule has 0 aliphatic rings. The van der Waals surface area contributed by atoms with Crippen LogP contribution < -0.4 is 5.32 Å². The molecule has 0 unspecified atom stereocenters. The highest BCUT2D eigenvalue weighted by atomic mass is 79.9. The molecule has 0 aliphatic heterocycles. The molecular formula is C15H11BrCl2N2O3. The average Bonchev–Trinajstić information content (AvgIpc) is 2.51. The zero-order valence-corrected chi connectivity index (χ0v) is 15.0. The average molecular weight is 418 g/mol. The van der Waals surface area contributed by atoms with Gasteiger partial charge >= 0.3 is 5.97 Å². The lowest BCUT2D eigenvalue weighted by Crippen LogP contribution is -2.21. The summed E-state index contributed by atoms with van der Waals surface area (Å²) >= 11 is 15.1. The Hall–Kier alpha value is -1.63. The summed E-state index contributed by atoms with van der Waals surface area (Å²) in [5.41, 5.74) is 0.873. The van der Waals surface area contributed by atoms with Gasteiger partial charge in [0.15, 0.2) is 12.4 Å². The number of esters is 1. The number of nitrogens with one attached hydrogen (secondary N) is 1. The van der Waals surface area contributed by atoms with Crippen molar-refractivity contribution in [2.45, 2.75) is 6.92 Å². The molecule has 1 heterocycles. The van der Waals surface area contributed by atoms with Gasteiger partial charge < -0.3 is 10.1 Å². The highest BCUT2D eigenvalue weighted by molar-refractivity contribution is 9.10. The molecule has 0 saturated carbocycles. The van der Waals surface area contributed by atoms with Crippen molar-refractivity contribution in [3.63, 3.8) is 0 Å². The Balaban J connectivity index is 1.94. The van der Waals surface area contributed by atoms with Gasteiger partial charge in [0.1, 0.15) is 0 Å². The van der Waals surface area contributed by atoms with Crippen LogP contribution in [0.2, 0.25) is 10.0 Å². The van der Waals surface area contributed by atoms with Gasteiger partial charge in [0, 0.05) is 4.47 Å². The molecule has 5 nitrogen and oxygen atoms in total. The largest absolute Gasteiger partial charge is 0.452 e. The Morgan fingerprint density at radius 3 is 2.52 bits per heavy atom. The molecular weight excluding hydrogens is 407 g/mol. The fourth-order valence-electron chi connectivity index (χ4n) is 1.61. The van der Waals surface area contributed by atoms with Crippen LogP contribution in [-0.2, 0) is 9.53 Å². The van der Waals surface area contributed by atoms with Crippen LogP contribution in [0.3, 0.4) is 0 Å². The molecule has 1 amide bonds. The van der Waals surface area contributed by atoms with Crippen molar-refractivity contribution >= 4 is 56.8 Å². The molecule has 2 aromatic rings. The van der Waals surface area contributed by atoms with E-state index in [2.05, 4.69) is 26.2 Å². The summed E-state index contributed by atoms with van der Waals surface area (Å²) in [4.78, 5) is 27.7. The Labute approximate surface area is 151 Å². The Morgan fingerprint density at radius 1 is 1.22 bits per heavy atom. The van der Waals surface area contributed by atoms with Gasteiger partial charge in [-0.2, -0.15) is 0 Å². The van der Waals surface area contributed by atoms with E-state index in [1.54, 1.807) is 31.2 Å². The highest BCUT2D eigenvalue weighted by Gasteiger charge is 2.13. The van der Waals surface area contributed by atoms with E-state index in [9.17, 15) is 9.59 Å². The number of carbonyl (C=O) groups is 2. The molecule has 8 heteroatoms. The van der Waals surface area contributed by atoms with Crippen molar-refractivity contribution in [3.05, 3.63) is 56.1 Å². The lowest BCUT2D eigenvalue weighted by molar-refractivity contribution is -0.119. The molecule has 0 atom stereocenters. The minimum Gasteiger partial charge on any atom is -0.452 e. The van der Waals surface area contributed by atoms with E-state index in [-0.39, 0.29) is 10.8 Å². The molecule has 1 N–H and O–H groups in total. The monoisotopic (exact) mass is 416 g/mol. The summed E-state index contributed by atoms with van der Waals surface area (Å²) in [7, 11) is 0. The molecule has 0 saturated heterocycles. The van der Waals surface area contributed by atoms with E-state index < -0.39 is 18.5 Å². The van der Waals surface area contributed by atoms with Crippen LogP contribution in [0.5, 0.6) is 0 Å². The molecule has 0 spiro atoms. The zero-order valence-electron chi connectivity index (χ0n) is 11.9. The minimum atomic E-state index is -0.598. The molecule has 1 aromatic carbocycles. The van der Waals surface area contributed by atoms with Gasteiger partial charge in [0.2, 0.25) is 0 Å². The molecule has 0 bridgehead atoms. The van der Waals surface area contributed by atoms with Gasteiger partial charge in [0.05, 0.1) is 21.3 Å². The molecule has 1 aromatic heterocycles. The topological polar surface area (TPSA) is 68.3 Å². The summed E-state index contributed by atoms with van der Waals surface area (Å²) in [5, 5.41) is 3.07. The second-order valence-electron chi connectivity index (χ2n) is 4.52. The Morgan fingerprint density at radius 2 is 1.87 bits per heavy atom. The number of amides is 1. The van der Waals surface area contributed by atoms with E-state index in [1.807, 2.05) is 0 Å². The maximum Gasteiger partial charge on any atom is 0.338 e. The number of benzene rings is 1. The first-order valence-electron chi connectivity index (χ1n) is 6.42. The number of hydrogen-bond acceptors (Lipinski definition) is 4. The summed E-state index contributed by atoms with van der Waals surface area (Å²) in [5.74, 6) is -0.983. The number of nitrogens with zero attached hydrogens (tertiary/aromatic N) is 1. The van der Waals surface area contributed by atoms with E-state index in [0.717, 1.165) is 4.47 Å². The molecule has 23 heavy (non-hydrogen) atoms. The third-order valence-electron chi connectivity index (χ3n) is 2.78. The maximum atomic E-state index is 11.8. The Bertz CT molecular complexity index is 751. The smallest absolute Gasteiger partial charge is 0.338 e. The van der Waals surface area contributed by atoms with Gasteiger partial charge in [0.25, 0.3) is 5.91 Å². The third kappa shape index (κ3) is 4.92.